The molecule has 20 heavy (non-hydrogen) atoms. The second-order valence-electron chi connectivity index (χ2n) is 4.74. The van der Waals surface area contributed by atoms with Gasteiger partial charge in [0, 0.05) is 34.1 Å². The zero-order valence-electron chi connectivity index (χ0n) is 11.3. The summed E-state index contributed by atoms with van der Waals surface area (Å²) in [4.78, 5) is 1.25. The topological polar surface area (TPSA) is 21.3 Å². The third-order valence-electron chi connectivity index (χ3n) is 3.38. The Hall–Kier alpha value is -1.32. The summed E-state index contributed by atoms with van der Waals surface area (Å²) in [5.74, 6) is 1.00. The quantitative estimate of drug-likeness (QED) is 0.834. The van der Waals surface area contributed by atoms with Crippen molar-refractivity contribution in [2.75, 3.05) is 18.2 Å². The van der Waals surface area contributed by atoms with E-state index in [0.717, 1.165) is 41.6 Å². The van der Waals surface area contributed by atoms with E-state index in [9.17, 15) is 0 Å². The number of nitrogens with one attached hydrogen (secondary N) is 1. The standard InChI is InChI=1S/C16H16ClNOS/c1-20-15-4-2-3-14(9-15)18-10-12-8-13(17)7-11-5-6-19-16(11)12/h2-4,7-9,18H,5-6,10H2,1H3. The molecular weight excluding hydrogens is 290 g/mol. The minimum atomic E-state index is 0.723. The van der Waals surface area contributed by atoms with Crippen LogP contribution in [0, 0.1) is 0 Å². The van der Waals surface area contributed by atoms with Gasteiger partial charge in [-0.3, -0.25) is 0 Å². The Morgan fingerprint density at radius 2 is 2.20 bits per heavy atom. The Labute approximate surface area is 128 Å². The predicted octanol–water partition coefficient (Wildman–Crippen LogP) is 4.61. The summed E-state index contributed by atoms with van der Waals surface area (Å²) in [7, 11) is 0. The Bertz CT molecular complexity index is 630. The van der Waals surface area contributed by atoms with Crippen molar-refractivity contribution in [3.63, 3.8) is 0 Å². The molecule has 0 fully saturated rings. The van der Waals surface area contributed by atoms with Gasteiger partial charge >= 0.3 is 0 Å². The summed E-state index contributed by atoms with van der Waals surface area (Å²) >= 11 is 7.91. The van der Waals surface area contributed by atoms with Crippen molar-refractivity contribution in [3.05, 3.63) is 52.5 Å². The lowest BCUT2D eigenvalue weighted by Crippen LogP contribution is -2.01. The maximum absolute atomic E-state index is 6.17. The minimum absolute atomic E-state index is 0.723. The lowest BCUT2D eigenvalue weighted by atomic mass is 10.1. The molecule has 1 heterocycles. The van der Waals surface area contributed by atoms with Gasteiger partial charge in [-0.15, -0.1) is 11.8 Å². The number of hydrogen-bond acceptors (Lipinski definition) is 3. The highest BCUT2D eigenvalue weighted by Gasteiger charge is 2.17. The van der Waals surface area contributed by atoms with E-state index in [1.165, 1.54) is 10.5 Å². The third-order valence-corrected chi connectivity index (χ3v) is 4.32. The average molecular weight is 306 g/mol. The van der Waals surface area contributed by atoms with Gasteiger partial charge in [0.2, 0.25) is 0 Å². The second-order valence-corrected chi connectivity index (χ2v) is 6.05. The molecule has 1 aliphatic rings. The van der Waals surface area contributed by atoms with Crippen molar-refractivity contribution in [3.8, 4) is 5.75 Å². The van der Waals surface area contributed by atoms with Crippen LogP contribution in [0.1, 0.15) is 11.1 Å². The molecule has 104 valence electrons. The fourth-order valence-electron chi connectivity index (χ4n) is 2.41. The average Bonchev–Trinajstić information content (AvgIpc) is 2.93. The molecule has 4 heteroatoms. The Balaban J connectivity index is 1.78. The molecule has 0 radical (unpaired) electrons. The largest absolute Gasteiger partial charge is 0.493 e. The van der Waals surface area contributed by atoms with Gasteiger partial charge in [-0.2, -0.15) is 0 Å². The summed E-state index contributed by atoms with van der Waals surface area (Å²) in [6.07, 6.45) is 3.03. The smallest absolute Gasteiger partial charge is 0.127 e. The fourth-order valence-corrected chi connectivity index (χ4v) is 3.13. The van der Waals surface area contributed by atoms with Crippen LogP contribution in [-0.4, -0.2) is 12.9 Å². The molecule has 0 atom stereocenters. The molecule has 0 unspecified atom stereocenters. The normalized spacial score (nSPS) is 12.9. The Kier molecular flexibility index (Phi) is 4.08. The number of ether oxygens (including phenoxy) is 1. The zero-order chi connectivity index (χ0) is 13.9. The van der Waals surface area contributed by atoms with E-state index in [2.05, 4.69) is 35.8 Å². The van der Waals surface area contributed by atoms with Crippen LogP contribution in [0.2, 0.25) is 5.02 Å². The van der Waals surface area contributed by atoms with Crippen molar-refractivity contribution < 1.29 is 4.74 Å². The summed E-state index contributed by atoms with van der Waals surface area (Å²) in [6, 6.07) is 12.4. The van der Waals surface area contributed by atoms with E-state index in [1.54, 1.807) is 11.8 Å². The summed E-state index contributed by atoms with van der Waals surface area (Å²) in [6.45, 7) is 1.48. The van der Waals surface area contributed by atoms with Gasteiger partial charge in [-0.05, 0) is 42.2 Å². The molecule has 2 aromatic carbocycles. The number of hydrogen-bond donors (Lipinski definition) is 1. The van der Waals surface area contributed by atoms with Crippen LogP contribution in [0.25, 0.3) is 0 Å². The van der Waals surface area contributed by atoms with Crippen LogP contribution in [0.5, 0.6) is 5.75 Å². The molecule has 2 aromatic rings. The number of fused-ring (bicyclic) bond motifs is 1. The summed E-state index contributed by atoms with van der Waals surface area (Å²) in [5, 5.41) is 4.22. The van der Waals surface area contributed by atoms with Crippen molar-refractivity contribution >= 4 is 29.1 Å². The molecule has 0 spiro atoms. The van der Waals surface area contributed by atoms with Crippen LogP contribution in [0.15, 0.2) is 41.3 Å². The van der Waals surface area contributed by atoms with Gasteiger partial charge in [0.15, 0.2) is 0 Å². The van der Waals surface area contributed by atoms with Crippen LogP contribution in [-0.2, 0) is 13.0 Å². The lowest BCUT2D eigenvalue weighted by Gasteiger charge is -2.11. The number of benzene rings is 2. The molecule has 0 aromatic heterocycles. The van der Waals surface area contributed by atoms with Gasteiger partial charge in [0.25, 0.3) is 0 Å². The van der Waals surface area contributed by atoms with E-state index >= 15 is 0 Å². The predicted molar refractivity (Wildman–Crippen MR) is 86.2 cm³/mol. The maximum atomic E-state index is 6.17. The van der Waals surface area contributed by atoms with Crippen molar-refractivity contribution in [1.82, 2.24) is 0 Å². The van der Waals surface area contributed by atoms with E-state index in [-0.39, 0.29) is 0 Å². The number of thioether (sulfide) groups is 1. The van der Waals surface area contributed by atoms with Crippen LogP contribution >= 0.6 is 23.4 Å². The lowest BCUT2D eigenvalue weighted by molar-refractivity contribution is 0.354. The highest BCUT2D eigenvalue weighted by Crippen LogP contribution is 2.33. The Morgan fingerprint density at radius 3 is 3.05 bits per heavy atom. The first-order valence-electron chi connectivity index (χ1n) is 6.58. The fraction of sp³-hybridized carbons (Fsp3) is 0.250. The zero-order valence-corrected chi connectivity index (χ0v) is 12.9. The molecule has 0 bridgehead atoms. The second kappa shape index (κ2) is 5.98. The monoisotopic (exact) mass is 305 g/mol. The molecule has 0 saturated carbocycles. The summed E-state index contributed by atoms with van der Waals surface area (Å²) < 4.78 is 5.72. The molecule has 0 aliphatic carbocycles. The van der Waals surface area contributed by atoms with Gasteiger partial charge in [-0.25, -0.2) is 0 Å². The first-order chi connectivity index (χ1) is 9.76. The van der Waals surface area contributed by atoms with E-state index < -0.39 is 0 Å². The highest BCUT2D eigenvalue weighted by atomic mass is 35.5. The Morgan fingerprint density at radius 1 is 1.30 bits per heavy atom. The van der Waals surface area contributed by atoms with E-state index in [0.29, 0.717) is 0 Å². The van der Waals surface area contributed by atoms with Gasteiger partial charge in [0.05, 0.1) is 6.61 Å². The van der Waals surface area contributed by atoms with Crippen molar-refractivity contribution in [2.45, 2.75) is 17.9 Å². The molecule has 0 saturated heterocycles. The SMILES string of the molecule is CSc1cccc(NCc2cc(Cl)cc3c2OCC3)c1. The van der Waals surface area contributed by atoms with Gasteiger partial charge < -0.3 is 10.1 Å². The molecule has 3 rings (SSSR count). The molecular formula is C16H16ClNOS. The molecule has 1 aliphatic heterocycles. The van der Waals surface area contributed by atoms with Crippen LogP contribution in [0.4, 0.5) is 5.69 Å². The van der Waals surface area contributed by atoms with Gasteiger partial charge in [-0.1, -0.05) is 17.7 Å². The first-order valence-corrected chi connectivity index (χ1v) is 8.18. The van der Waals surface area contributed by atoms with E-state index in [1.807, 2.05) is 12.1 Å². The highest BCUT2D eigenvalue weighted by molar-refractivity contribution is 7.98. The first kappa shape index (κ1) is 13.7. The van der Waals surface area contributed by atoms with Gasteiger partial charge in [0.1, 0.15) is 5.75 Å². The number of anilines is 1. The summed E-state index contributed by atoms with van der Waals surface area (Å²) in [5.41, 5.74) is 3.45. The molecule has 2 nitrogen and oxygen atoms in total. The molecule has 1 N–H and O–H groups in total. The number of halogens is 1. The van der Waals surface area contributed by atoms with Crippen molar-refractivity contribution in [1.29, 1.82) is 0 Å². The minimum Gasteiger partial charge on any atom is -0.493 e. The third kappa shape index (κ3) is 2.89. The maximum Gasteiger partial charge on any atom is 0.127 e. The van der Waals surface area contributed by atoms with Crippen LogP contribution in [0.3, 0.4) is 0 Å². The molecule has 0 amide bonds. The van der Waals surface area contributed by atoms with Crippen molar-refractivity contribution in [2.24, 2.45) is 0 Å². The number of rotatable bonds is 4. The van der Waals surface area contributed by atoms with Crippen LogP contribution < -0.4 is 10.1 Å². The van der Waals surface area contributed by atoms with E-state index in [4.69, 9.17) is 16.3 Å².